The first-order valence-electron chi connectivity index (χ1n) is 7.91. The number of amides is 1. The van der Waals surface area contributed by atoms with E-state index in [2.05, 4.69) is 15.3 Å². The quantitative estimate of drug-likeness (QED) is 0.439. The van der Waals surface area contributed by atoms with Gasteiger partial charge < -0.3 is 10.1 Å². The van der Waals surface area contributed by atoms with Gasteiger partial charge in [0.05, 0.1) is 34.3 Å². The molecule has 1 aromatic heterocycles. The monoisotopic (exact) mass is 419 g/mol. The number of anilines is 1. The summed E-state index contributed by atoms with van der Waals surface area (Å²) >= 11 is 13.3. The number of carbonyl (C=O) groups excluding carboxylic acids is 1. The SMILES string of the molecule is COc1ccc(-c2ccnc(SCC(=O)Nc3cccc(Cl)c3Cl)n2)cc1. The number of hydrogen-bond donors (Lipinski definition) is 1. The second-order valence-corrected chi connectivity index (χ2v) is 7.12. The number of nitrogens with one attached hydrogen (secondary N) is 1. The number of hydrogen-bond acceptors (Lipinski definition) is 5. The number of ether oxygens (including phenoxy) is 1. The van der Waals surface area contributed by atoms with Crippen LogP contribution in [0.4, 0.5) is 5.69 Å². The zero-order chi connectivity index (χ0) is 19.2. The van der Waals surface area contributed by atoms with Crippen molar-refractivity contribution in [1.82, 2.24) is 9.97 Å². The largest absolute Gasteiger partial charge is 0.497 e. The second-order valence-electron chi connectivity index (χ2n) is 5.39. The van der Waals surface area contributed by atoms with Gasteiger partial charge in [-0.15, -0.1) is 0 Å². The molecule has 1 heterocycles. The predicted molar refractivity (Wildman–Crippen MR) is 110 cm³/mol. The Hall–Kier alpha value is -2.28. The summed E-state index contributed by atoms with van der Waals surface area (Å²) in [5, 5.41) is 3.95. The normalized spacial score (nSPS) is 10.5. The van der Waals surface area contributed by atoms with E-state index >= 15 is 0 Å². The summed E-state index contributed by atoms with van der Waals surface area (Å²) in [6, 6.07) is 14.5. The minimum absolute atomic E-state index is 0.148. The van der Waals surface area contributed by atoms with Crippen LogP contribution in [0.25, 0.3) is 11.3 Å². The van der Waals surface area contributed by atoms with Gasteiger partial charge in [-0.2, -0.15) is 0 Å². The molecule has 0 spiro atoms. The van der Waals surface area contributed by atoms with E-state index in [0.29, 0.717) is 20.9 Å². The molecule has 1 amide bonds. The number of thioether (sulfide) groups is 1. The van der Waals surface area contributed by atoms with Crippen molar-refractivity contribution in [3.8, 4) is 17.0 Å². The van der Waals surface area contributed by atoms with Crippen molar-refractivity contribution in [2.45, 2.75) is 5.16 Å². The van der Waals surface area contributed by atoms with E-state index in [0.717, 1.165) is 17.0 Å². The number of benzene rings is 2. The molecule has 0 fully saturated rings. The smallest absolute Gasteiger partial charge is 0.234 e. The zero-order valence-corrected chi connectivity index (χ0v) is 16.6. The van der Waals surface area contributed by atoms with Gasteiger partial charge in [-0.1, -0.05) is 41.0 Å². The number of carbonyl (C=O) groups is 1. The maximum Gasteiger partial charge on any atom is 0.234 e. The third kappa shape index (κ3) is 5.13. The first-order valence-corrected chi connectivity index (χ1v) is 9.65. The maximum absolute atomic E-state index is 12.2. The van der Waals surface area contributed by atoms with Gasteiger partial charge in [-0.3, -0.25) is 4.79 Å². The van der Waals surface area contributed by atoms with Gasteiger partial charge in [0.15, 0.2) is 5.16 Å². The van der Waals surface area contributed by atoms with Crippen LogP contribution in [-0.4, -0.2) is 28.7 Å². The minimum atomic E-state index is -0.220. The molecule has 0 unspecified atom stereocenters. The van der Waals surface area contributed by atoms with Crippen molar-refractivity contribution in [2.24, 2.45) is 0 Å². The van der Waals surface area contributed by atoms with E-state index in [1.807, 2.05) is 30.3 Å². The molecule has 0 bridgehead atoms. The van der Waals surface area contributed by atoms with Gasteiger partial charge in [0.1, 0.15) is 5.75 Å². The van der Waals surface area contributed by atoms with Gasteiger partial charge >= 0.3 is 0 Å². The summed E-state index contributed by atoms with van der Waals surface area (Å²) in [6.45, 7) is 0. The van der Waals surface area contributed by atoms with E-state index in [1.54, 1.807) is 31.5 Å². The van der Waals surface area contributed by atoms with Crippen molar-refractivity contribution in [3.05, 3.63) is 64.8 Å². The fraction of sp³-hybridized carbons (Fsp3) is 0.105. The van der Waals surface area contributed by atoms with Gasteiger partial charge in [0.2, 0.25) is 5.91 Å². The first-order chi connectivity index (χ1) is 13.1. The Labute approximate surface area is 171 Å². The molecule has 0 atom stereocenters. The number of rotatable bonds is 6. The van der Waals surface area contributed by atoms with Crippen LogP contribution in [0.15, 0.2) is 59.9 Å². The Bertz CT molecular complexity index is 952. The van der Waals surface area contributed by atoms with E-state index in [4.69, 9.17) is 27.9 Å². The van der Waals surface area contributed by atoms with Crippen molar-refractivity contribution < 1.29 is 9.53 Å². The number of halogens is 2. The molecule has 0 aliphatic rings. The fourth-order valence-electron chi connectivity index (χ4n) is 2.25. The number of aromatic nitrogens is 2. The van der Waals surface area contributed by atoms with Crippen LogP contribution in [-0.2, 0) is 4.79 Å². The van der Waals surface area contributed by atoms with Gasteiger partial charge in [-0.05, 0) is 42.5 Å². The molecule has 0 aliphatic heterocycles. The summed E-state index contributed by atoms with van der Waals surface area (Å²) in [4.78, 5) is 20.9. The second kappa shape index (κ2) is 9.08. The van der Waals surface area contributed by atoms with Crippen molar-refractivity contribution in [2.75, 3.05) is 18.2 Å². The lowest BCUT2D eigenvalue weighted by Gasteiger charge is -2.08. The van der Waals surface area contributed by atoms with Crippen LogP contribution < -0.4 is 10.1 Å². The Morgan fingerprint density at radius 3 is 2.67 bits per heavy atom. The van der Waals surface area contributed by atoms with Crippen LogP contribution in [0.1, 0.15) is 0 Å². The molecular weight excluding hydrogens is 405 g/mol. The van der Waals surface area contributed by atoms with E-state index in [9.17, 15) is 4.79 Å². The Morgan fingerprint density at radius 2 is 1.93 bits per heavy atom. The highest BCUT2D eigenvalue weighted by Crippen LogP contribution is 2.29. The lowest BCUT2D eigenvalue weighted by molar-refractivity contribution is -0.113. The highest BCUT2D eigenvalue weighted by molar-refractivity contribution is 7.99. The highest BCUT2D eigenvalue weighted by Gasteiger charge is 2.10. The minimum Gasteiger partial charge on any atom is -0.497 e. The van der Waals surface area contributed by atoms with Crippen LogP contribution in [0.5, 0.6) is 5.75 Å². The van der Waals surface area contributed by atoms with Gasteiger partial charge in [-0.25, -0.2) is 9.97 Å². The molecule has 5 nitrogen and oxygen atoms in total. The molecule has 8 heteroatoms. The molecule has 3 aromatic rings. The van der Waals surface area contributed by atoms with Crippen LogP contribution in [0.2, 0.25) is 10.0 Å². The molecule has 27 heavy (non-hydrogen) atoms. The van der Waals surface area contributed by atoms with Crippen molar-refractivity contribution in [3.63, 3.8) is 0 Å². The molecule has 1 N–H and O–H groups in total. The third-order valence-corrected chi connectivity index (χ3v) is 5.26. The average Bonchev–Trinajstić information content (AvgIpc) is 2.70. The molecule has 0 saturated carbocycles. The lowest BCUT2D eigenvalue weighted by atomic mass is 10.1. The molecular formula is C19H15Cl2N3O2S. The zero-order valence-electron chi connectivity index (χ0n) is 14.3. The Kier molecular flexibility index (Phi) is 6.55. The van der Waals surface area contributed by atoms with Crippen molar-refractivity contribution >= 4 is 46.6 Å². The molecule has 0 saturated heterocycles. The molecule has 3 rings (SSSR count). The average molecular weight is 420 g/mol. The summed E-state index contributed by atoms with van der Waals surface area (Å²) in [6.07, 6.45) is 1.67. The maximum atomic E-state index is 12.2. The predicted octanol–water partition coefficient (Wildman–Crippen LogP) is 5.19. The molecule has 138 valence electrons. The molecule has 2 aromatic carbocycles. The summed E-state index contributed by atoms with van der Waals surface area (Å²) < 4.78 is 5.16. The lowest BCUT2D eigenvalue weighted by Crippen LogP contribution is -2.14. The number of nitrogens with zero attached hydrogens (tertiary/aromatic N) is 2. The van der Waals surface area contributed by atoms with Crippen LogP contribution >= 0.6 is 35.0 Å². The van der Waals surface area contributed by atoms with Crippen LogP contribution in [0.3, 0.4) is 0 Å². The van der Waals surface area contributed by atoms with Crippen LogP contribution in [0, 0.1) is 0 Å². The van der Waals surface area contributed by atoms with E-state index in [1.165, 1.54) is 11.8 Å². The fourth-order valence-corrected chi connectivity index (χ4v) is 3.23. The topological polar surface area (TPSA) is 64.1 Å². The summed E-state index contributed by atoms with van der Waals surface area (Å²) in [5.74, 6) is 0.705. The number of methoxy groups -OCH3 is 1. The Balaban J connectivity index is 1.64. The summed E-state index contributed by atoms with van der Waals surface area (Å²) in [7, 11) is 1.62. The molecule has 0 aliphatic carbocycles. The van der Waals surface area contributed by atoms with Gasteiger partial charge in [0.25, 0.3) is 0 Å². The first kappa shape index (κ1) is 19.5. The highest BCUT2D eigenvalue weighted by atomic mass is 35.5. The van der Waals surface area contributed by atoms with Gasteiger partial charge in [0, 0.05) is 11.8 Å². The molecule has 0 radical (unpaired) electrons. The van der Waals surface area contributed by atoms with Crippen molar-refractivity contribution in [1.29, 1.82) is 0 Å². The van der Waals surface area contributed by atoms with E-state index in [-0.39, 0.29) is 11.7 Å². The standard InChI is InChI=1S/C19H15Cl2N3O2S/c1-26-13-7-5-12(6-8-13)15-9-10-22-19(24-15)27-11-17(25)23-16-4-2-3-14(20)18(16)21/h2-10H,11H2,1H3,(H,23,25). The Morgan fingerprint density at radius 1 is 1.15 bits per heavy atom. The third-order valence-electron chi connectivity index (χ3n) is 3.58. The van der Waals surface area contributed by atoms with E-state index < -0.39 is 0 Å². The summed E-state index contributed by atoms with van der Waals surface area (Å²) in [5.41, 5.74) is 2.19.